The largest absolute Gasteiger partial charge is 0.328 e. The Morgan fingerprint density at radius 3 is 2.48 bits per heavy atom. The van der Waals surface area contributed by atoms with Gasteiger partial charge in [-0.2, -0.15) is 0 Å². The minimum absolute atomic E-state index is 0. The second-order valence-corrected chi connectivity index (χ2v) is 5.49. The zero-order valence-electron chi connectivity index (χ0n) is 12.3. The Morgan fingerprint density at radius 1 is 1.19 bits per heavy atom. The van der Waals surface area contributed by atoms with E-state index in [0.29, 0.717) is 11.4 Å². The van der Waals surface area contributed by atoms with Crippen LogP contribution in [0.1, 0.15) is 31.7 Å². The minimum Gasteiger partial charge on any atom is -0.328 e. The molecule has 0 saturated heterocycles. The van der Waals surface area contributed by atoms with Gasteiger partial charge >= 0.3 is 0 Å². The van der Waals surface area contributed by atoms with Crippen molar-refractivity contribution in [3.8, 4) is 0 Å². The van der Waals surface area contributed by atoms with E-state index in [0.717, 1.165) is 24.8 Å². The summed E-state index contributed by atoms with van der Waals surface area (Å²) >= 11 is 0. The first-order valence-corrected chi connectivity index (χ1v) is 6.90. The number of anilines is 2. The van der Waals surface area contributed by atoms with Crippen LogP contribution in [0.2, 0.25) is 0 Å². The highest BCUT2D eigenvalue weighted by Crippen LogP contribution is 2.28. The number of hydrogen-bond donors (Lipinski definition) is 3. The third-order valence-corrected chi connectivity index (χ3v) is 3.59. The Kier molecular flexibility index (Phi) is 6.18. The smallest absolute Gasteiger partial charge is 0.227 e. The zero-order valence-corrected chi connectivity index (χ0v) is 13.1. The summed E-state index contributed by atoms with van der Waals surface area (Å²) in [6.45, 7) is 3.39. The molecule has 6 heteroatoms. The summed E-state index contributed by atoms with van der Waals surface area (Å²) in [5, 5.41) is 5.64. The fourth-order valence-corrected chi connectivity index (χ4v) is 2.55. The van der Waals surface area contributed by atoms with Crippen molar-refractivity contribution in [3.63, 3.8) is 0 Å². The van der Waals surface area contributed by atoms with Crippen LogP contribution >= 0.6 is 12.4 Å². The van der Waals surface area contributed by atoms with E-state index >= 15 is 0 Å². The highest BCUT2D eigenvalue weighted by atomic mass is 35.5. The van der Waals surface area contributed by atoms with Crippen molar-refractivity contribution < 1.29 is 9.59 Å². The van der Waals surface area contributed by atoms with Crippen LogP contribution in [0.5, 0.6) is 0 Å². The predicted octanol–water partition coefficient (Wildman–Crippen LogP) is 2.44. The van der Waals surface area contributed by atoms with E-state index in [9.17, 15) is 9.59 Å². The molecule has 0 bridgehead atoms. The Labute approximate surface area is 131 Å². The monoisotopic (exact) mass is 311 g/mol. The van der Waals surface area contributed by atoms with E-state index in [-0.39, 0.29) is 36.2 Å². The van der Waals surface area contributed by atoms with Gasteiger partial charge in [0.2, 0.25) is 11.8 Å². The van der Waals surface area contributed by atoms with Gasteiger partial charge in [0.1, 0.15) is 0 Å². The van der Waals surface area contributed by atoms with Gasteiger partial charge in [0.05, 0.1) is 11.4 Å². The van der Waals surface area contributed by atoms with Crippen molar-refractivity contribution in [2.75, 3.05) is 10.6 Å². The lowest BCUT2D eigenvalue weighted by Crippen LogP contribution is -2.24. The first-order valence-electron chi connectivity index (χ1n) is 6.90. The molecule has 2 rings (SSSR count). The van der Waals surface area contributed by atoms with Crippen molar-refractivity contribution in [1.29, 1.82) is 0 Å². The van der Waals surface area contributed by atoms with Crippen LogP contribution in [-0.2, 0) is 9.59 Å². The topological polar surface area (TPSA) is 84.2 Å². The molecule has 2 atom stereocenters. The molecule has 0 heterocycles. The fraction of sp³-hybridized carbons (Fsp3) is 0.467. The van der Waals surface area contributed by atoms with Crippen LogP contribution in [0.15, 0.2) is 18.2 Å². The molecule has 0 spiro atoms. The fourth-order valence-electron chi connectivity index (χ4n) is 2.55. The molecule has 116 valence electrons. The van der Waals surface area contributed by atoms with E-state index in [1.54, 1.807) is 6.07 Å². The van der Waals surface area contributed by atoms with E-state index in [2.05, 4.69) is 10.6 Å². The molecule has 2 unspecified atom stereocenters. The first-order chi connectivity index (χ1) is 9.45. The summed E-state index contributed by atoms with van der Waals surface area (Å²) in [5.74, 6) is -0.210. The molecule has 4 N–H and O–H groups in total. The normalized spacial score (nSPS) is 20.5. The first kappa shape index (κ1) is 17.5. The number of benzene rings is 1. The average Bonchev–Trinajstić information content (AvgIpc) is 2.79. The molecule has 0 radical (unpaired) electrons. The number of carbonyl (C=O) groups excluding carboxylic acids is 2. The summed E-state index contributed by atoms with van der Waals surface area (Å²) in [5.41, 5.74) is 8.13. The minimum atomic E-state index is -0.160. The highest BCUT2D eigenvalue weighted by molar-refractivity contribution is 5.99. The maximum atomic E-state index is 12.2. The Morgan fingerprint density at radius 2 is 1.90 bits per heavy atom. The number of hydrogen-bond acceptors (Lipinski definition) is 3. The number of nitrogens with one attached hydrogen (secondary N) is 2. The Bertz CT molecular complexity index is 534. The van der Waals surface area contributed by atoms with Gasteiger partial charge in [0.25, 0.3) is 0 Å². The lowest BCUT2D eigenvalue weighted by atomic mass is 10.1. The number of nitrogens with two attached hydrogens (primary N) is 1. The van der Waals surface area contributed by atoms with E-state index in [4.69, 9.17) is 5.73 Å². The molecular weight excluding hydrogens is 290 g/mol. The molecule has 0 aromatic heterocycles. The van der Waals surface area contributed by atoms with E-state index in [1.165, 1.54) is 6.92 Å². The van der Waals surface area contributed by atoms with Gasteiger partial charge in [-0.1, -0.05) is 6.07 Å². The van der Waals surface area contributed by atoms with Gasteiger partial charge in [-0.15, -0.1) is 12.4 Å². The molecule has 2 amide bonds. The lowest BCUT2D eigenvalue weighted by Gasteiger charge is -2.15. The van der Waals surface area contributed by atoms with Crippen molar-refractivity contribution in [2.24, 2.45) is 11.7 Å². The summed E-state index contributed by atoms with van der Waals surface area (Å²) < 4.78 is 0. The second-order valence-electron chi connectivity index (χ2n) is 5.49. The highest BCUT2D eigenvalue weighted by Gasteiger charge is 2.28. The molecule has 1 aromatic rings. The van der Waals surface area contributed by atoms with Gasteiger partial charge < -0.3 is 16.4 Å². The van der Waals surface area contributed by atoms with Gasteiger partial charge in [-0.25, -0.2) is 0 Å². The third-order valence-electron chi connectivity index (χ3n) is 3.59. The van der Waals surface area contributed by atoms with E-state index in [1.807, 2.05) is 19.1 Å². The molecule has 21 heavy (non-hydrogen) atoms. The van der Waals surface area contributed by atoms with E-state index < -0.39 is 0 Å². The number of aryl methyl sites for hydroxylation is 1. The van der Waals surface area contributed by atoms with Gasteiger partial charge in [0, 0.05) is 18.9 Å². The molecule has 1 saturated carbocycles. The predicted molar refractivity (Wildman–Crippen MR) is 86.7 cm³/mol. The number of carbonyl (C=O) groups is 2. The van der Waals surface area contributed by atoms with Crippen LogP contribution in [0, 0.1) is 12.8 Å². The maximum Gasteiger partial charge on any atom is 0.227 e. The molecule has 1 aliphatic rings. The summed E-state index contributed by atoms with van der Waals surface area (Å²) in [6, 6.07) is 5.68. The average molecular weight is 312 g/mol. The van der Waals surface area contributed by atoms with Crippen LogP contribution in [-0.4, -0.2) is 17.9 Å². The summed E-state index contributed by atoms with van der Waals surface area (Å²) in [7, 11) is 0. The molecule has 5 nitrogen and oxygen atoms in total. The molecule has 1 fully saturated rings. The zero-order chi connectivity index (χ0) is 14.7. The number of halogens is 1. The van der Waals surface area contributed by atoms with Crippen molar-refractivity contribution in [2.45, 2.75) is 39.2 Å². The number of amides is 2. The standard InChI is InChI=1S/C15H21N3O2.ClH/c1-9-3-6-13(17-10(2)19)14(7-9)18-15(20)11-4-5-12(16)8-11;/h3,6-7,11-12H,4-5,8,16H2,1-2H3,(H,17,19)(H,18,20);1H. The molecule has 1 aromatic carbocycles. The Hall–Kier alpha value is -1.59. The van der Waals surface area contributed by atoms with Crippen molar-refractivity contribution >= 4 is 35.6 Å². The third kappa shape index (κ3) is 4.72. The van der Waals surface area contributed by atoms with Crippen molar-refractivity contribution in [3.05, 3.63) is 23.8 Å². The SMILES string of the molecule is CC(=O)Nc1ccc(C)cc1NC(=O)C1CCC(N)C1.Cl. The molecular formula is C15H22ClN3O2. The summed E-state index contributed by atoms with van der Waals surface area (Å²) in [6.07, 6.45) is 2.45. The summed E-state index contributed by atoms with van der Waals surface area (Å²) in [4.78, 5) is 23.4. The lowest BCUT2D eigenvalue weighted by molar-refractivity contribution is -0.119. The van der Waals surface area contributed by atoms with Gasteiger partial charge in [-0.05, 0) is 43.9 Å². The van der Waals surface area contributed by atoms with Gasteiger partial charge in [-0.3, -0.25) is 9.59 Å². The quantitative estimate of drug-likeness (QED) is 0.801. The Balaban J connectivity index is 0.00000220. The van der Waals surface area contributed by atoms with Crippen LogP contribution < -0.4 is 16.4 Å². The van der Waals surface area contributed by atoms with Crippen molar-refractivity contribution in [1.82, 2.24) is 0 Å². The molecule has 0 aliphatic heterocycles. The maximum absolute atomic E-state index is 12.2. The van der Waals surface area contributed by atoms with Gasteiger partial charge in [0.15, 0.2) is 0 Å². The second kappa shape index (κ2) is 7.43. The van der Waals surface area contributed by atoms with Crippen LogP contribution in [0.4, 0.5) is 11.4 Å². The van der Waals surface area contributed by atoms with Crippen LogP contribution in [0.3, 0.4) is 0 Å². The molecule has 1 aliphatic carbocycles. The van der Waals surface area contributed by atoms with Crippen LogP contribution in [0.25, 0.3) is 0 Å². The number of rotatable bonds is 3.